The van der Waals surface area contributed by atoms with Crippen LogP contribution in [-0.2, 0) is 33.3 Å². The Morgan fingerprint density at radius 2 is 1.92 bits per heavy atom. The van der Waals surface area contributed by atoms with Crippen molar-refractivity contribution < 1.29 is 33.3 Å². The summed E-state index contributed by atoms with van der Waals surface area (Å²) in [6.45, 7) is 10.3. The monoisotopic (exact) mass is 364 g/mol. The van der Waals surface area contributed by atoms with Crippen molar-refractivity contribution in [3.63, 3.8) is 0 Å². The van der Waals surface area contributed by atoms with Crippen molar-refractivity contribution in [3.05, 3.63) is 23.8 Å². The molecule has 0 aromatic rings. The van der Waals surface area contributed by atoms with E-state index in [4.69, 9.17) is 18.9 Å². The van der Waals surface area contributed by atoms with Gasteiger partial charge in [0.1, 0.15) is 24.4 Å². The van der Waals surface area contributed by atoms with Crippen LogP contribution in [0.1, 0.15) is 40.5 Å². The van der Waals surface area contributed by atoms with E-state index in [1.54, 1.807) is 0 Å². The molecule has 26 heavy (non-hydrogen) atoms. The number of ether oxygens (including phenoxy) is 4. The van der Waals surface area contributed by atoms with Gasteiger partial charge in [0.05, 0.1) is 11.5 Å². The van der Waals surface area contributed by atoms with E-state index in [1.165, 1.54) is 13.8 Å². The van der Waals surface area contributed by atoms with Crippen LogP contribution in [-0.4, -0.2) is 47.9 Å². The van der Waals surface area contributed by atoms with Crippen molar-refractivity contribution in [1.29, 1.82) is 0 Å². The van der Waals surface area contributed by atoms with Crippen molar-refractivity contribution in [3.8, 4) is 0 Å². The van der Waals surface area contributed by atoms with E-state index in [2.05, 4.69) is 6.58 Å². The van der Waals surface area contributed by atoms with Gasteiger partial charge in [-0.05, 0) is 19.9 Å². The quantitative estimate of drug-likeness (QED) is 0.243. The van der Waals surface area contributed by atoms with E-state index in [1.807, 2.05) is 19.9 Å². The SMILES string of the molecule is C=C1C(=O)O[C@H]2C/C(C)=C/[C@@H](OC(C)=O)C[C@@]3(C)O[C@H]3[C@@H](OC(C)=O)[C@H]12. The van der Waals surface area contributed by atoms with E-state index < -0.39 is 47.9 Å². The summed E-state index contributed by atoms with van der Waals surface area (Å²) in [5.74, 6) is -1.79. The fraction of sp³-hybridized carbons (Fsp3) is 0.632. The Morgan fingerprint density at radius 1 is 1.27 bits per heavy atom. The molecule has 3 rings (SSSR count). The zero-order valence-corrected chi connectivity index (χ0v) is 15.4. The Balaban J connectivity index is 1.98. The first-order valence-electron chi connectivity index (χ1n) is 8.70. The lowest BCUT2D eigenvalue weighted by atomic mass is 9.81. The Kier molecular flexibility index (Phi) is 4.69. The number of esters is 3. The highest BCUT2D eigenvalue weighted by Gasteiger charge is 2.63. The summed E-state index contributed by atoms with van der Waals surface area (Å²) >= 11 is 0. The van der Waals surface area contributed by atoms with Crippen LogP contribution in [0.5, 0.6) is 0 Å². The third-order valence-corrected chi connectivity index (χ3v) is 5.14. The van der Waals surface area contributed by atoms with Crippen LogP contribution in [0, 0.1) is 5.92 Å². The third kappa shape index (κ3) is 3.53. The number of carbonyl (C=O) groups excluding carboxylic acids is 3. The molecule has 0 spiro atoms. The maximum atomic E-state index is 12.1. The molecule has 7 nitrogen and oxygen atoms in total. The molecule has 0 radical (unpaired) electrons. The average Bonchev–Trinajstić information content (AvgIpc) is 3.06. The molecule has 0 N–H and O–H groups in total. The summed E-state index contributed by atoms with van der Waals surface area (Å²) in [7, 11) is 0. The largest absolute Gasteiger partial charge is 0.459 e. The molecule has 0 amide bonds. The zero-order chi connectivity index (χ0) is 19.2. The second-order valence-electron chi connectivity index (χ2n) is 7.49. The summed E-state index contributed by atoms with van der Waals surface area (Å²) < 4.78 is 22.3. The van der Waals surface area contributed by atoms with Crippen molar-refractivity contribution >= 4 is 17.9 Å². The van der Waals surface area contributed by atoms with Crippen molar-refractivity contribution in [2.45, 2.75) is 70.6 Å². The van der Waals surface area contributed by atoms with Crippen LogP contribution in [0.4, 0.5) is 0 Å². The molecule has 7 heteroatoms. The lowest BCUT2D eigenvalue weighted by Gasteiger charge is -2.28. The summed E-state index contributed by atoms with van der Waals surface area (Å²) in [6.07, 6.45) is 0.681. The summed E-state index contributed by atoms with van der Waals surface area (Å²) in [6, 6.07) is 0. The molecule has 0 aromatic carbocycles. The average molecular weight is 364 g/mol. The summed E-state index contributed by atoms with van der Waals surface area (Å²) in [4.78, 5) is 35.2. The molecule has 6 atom stereocenters. The summed E-state index contributed by atoms with van der Waals surface area (Å²) in [5, 5.41) is 0. The molecular formula is C19H24O7. The first kappa shape index (κ1) is 18.6. The maximum absolute atomic E-state index is 12.1. The van der Waals surface area contributed by atoms with Crippen LogP contribution in [0.2, 0.25) is 0 Å². The zero-order valence-electron chi connectivity index (χ0n) is 15.4. The van der Waals surface area contributed by atoms with E-state index in [0.29, 0.717) is 18.4 Å². The number of carbonyl (C=O) groups is 3. The molecule has 0 unspecified atom stereocenters. The first-order valence-corrected chi connectivity index (χ1v) is 8.70. The minimum absolute atomic E-state index is 0.295. The van der Waals surface area contributed by atoms with Gasteiger partial charge in [0.15, 0.2) is 0 Å². The lowest BCUT2D eigenvalue weighted by Crippen LogP contribution is -2.40. The molecule has 2 aliphatic heterocycles. The second kappa shape index (κ2) is 6.54. The minimum Gasteiger partial charge on any atom is -0.459 e. The van der Waals surface area contributed by atoms with E-state index in [9.17, 15) is 14.4 Å². The van der Waals surface area contributed by atoms with Gasteiger partial charge in [0, 0.05) is 32.3 Å². The van der Waals surface area contributed by atoms with Crippen LogP contribution < -0.4 is 0 Å². The predicted molar refractivity (Wildman–Crippen MR) is 89.9 cm³/mol. The number of hydrogen-bond acceptors (Lipinski definition) is 7. The van der Waals surface area contributed by atoms with Crippen LogP contribution >= 0.6 is 0 Å². The molecule has 0 aromatic heterocycles. The summed E-state index contributed by atoms with van der Waals surface area (Å²) in [5.41, 5.74) is 0.576. The van der Waals surface area contributed by atoms with Gasteiger partial charge in [-0.2, -0.15) is 0 Å². The van der Waals surface area contributed by atoms with Crippen molar-refractivity contribution in [2.75, 3.05) is 0 Å². The van der Waals surface area contributed by atoms with Gasteiger partial charge in [-0.3, -0.25) is 9.59 Å². The standard InChI is InChI=1S/C19H24O7/c1-9-6-13(23-11(3)20)8-19(5)17(26-19)16(24-12(4)21)15-10(2)18(22)25-14(15)7-9/h6,13-17H,2,7-8H2,1,3-5H3/b9-6+/t13-,14+,15-,16+,17+,19-/m1/s1. The Morgan fingerprint density at radius 3 is 2.54 bits per heavy atom. The smallest absolute Gasteiger partial charge is 0.334 e. The van der Waals surface area contributed by atoms with Gasteiger partial charge >= 0.3 is 17.9 Å². The third-order valence-electron chi connectivity index (χ3n) is 5.14. The number of hydrogen-bond donors (Lipinski definition) is 0. The van der Waals surface area contributed by atoms with Gasteiger partial charge in [-0.15, -0.1) is 0 Å². The molecule has 142 valence electrons. The van der Waals surface area contributed by atoms with Gasteiger partial charge < -0.3 is 18.9 Å². The highest BCUT2D eigenvalue weighted by Crippen LogP contribution is 2.49. The van der Waals surface area contributed by atoms with Crippen LogP contribution in [0.25, 0.3) is 0 Å². The van der Waals surface area contributed by atoms with E-state index in [-0.39, 0.29) is 5.97 Å². The minimum atomic E-state index is -0.676. The topological polar surface area (TPSA) is 91.4 Å². The number of epoxide rings is 1. The van der Waals surface area contributed by atoms with Crippen molar-refractivity contribution in [1.82, 2.24) is 0 Å². The normalized spacial score (nSPS) is 41.1. The van der Waals surface area contributed by atoms with Gasteiger partial charge in [0.25, 0.3) is 0 Å². The van der Waals surface area contributed by atoms with Gasteiger partial charge in [0.2, 0.25) is 0 Å². The second-order valence-corrected chi connectivity index (χ2v) is 7.49. The highest BCUT2D eigenvalue weighted by atomic mass is 16.6. The predicted octanol–water partition coefficient (Wildman–Crippen LogP) is 1.85. The Bertz CT molecular complexity index is 694. The van der Waals surface area contributed by atoms with E-state index >= 15 is 0 Å². The fourth-order valence-corrected chi connectivity index (χ4v) is 4.03. The molecule has 0 bridgehead atoms. The molecule has 1 aliphatic carbocycles. The van der Waals surface area contributed by atoms with Gasteiger partial charge in [-0.1, -0.05) is 12.2 Å². The van der Waals surface area contributed by atoms with E-state index in [0.717, 1.165) is 5.57 Å². The Hall–Kier alpha value is -2.15. The number of rotatable bonds is 2. The first-order chi connectivity index (χ1) is 12.1. The molecule has 0 saturated carbocycles. The highest BCUT2D eigenvalue weighted by molar-refractivity contribution is 5.91. The van der Waals surface area contributed by atoms with Crippen molar-refractivity contribution in [2.24, 2.45) is 5.92 Å². The molecular weight excluding hydrogens is 340 g/mol. The van der Waals surface area contributed by atoms with Crippen LogP contribution in [0.3, 0.4) is 0 Å². The molecule has 3 aliphatic rings. The van der Waals surface area contributed by atoms with Gasteiger partial charge in [-0.25, -0.2) is 4.79 Å². The molecule has 2 fully saturated rings. The molecule has 2 saturated heterocycles. The Labute approximate surface area is 152 Å². The lowest BCUT2D eigenvalue weighted by molar-refractivity contribution is -0.151. The van der Waals surface area contributed by atoms with Crippen LogP contribution in [0.15, 0.2) is 23.8 Å². The number of fused-ring (bicyclic) bond motifs is 2. The maximum Gasteiger partial charge on any atom is 0.334 e. The fourth-order valence-electron chi connectivity index (χ4n) is 4.03. The molecule has 2 heterocycles.